The minimum absolute atomic E-state index is 0.00118. The van der Waals surface area contributed by atoms with Crippen LogP contribution in [-0.4, -0.2) is 61.0 Å². The van der Waals surface area contributed by atoms with E-state index in [2.05, 4.69) is 20.9 Å². The van der Waals surface area contributed by atoms with Gasteiger partial charge in [-0.15, -0.1) is 0 Å². The molecule has 30 heavy (non-hydrogen) atoms. The van der Waals surface area contributed by atoms with Crippen LogP contribution in [0.1, 0.15) is 17.2 Å². The molecule has 2 saturated heterocycles. The van der Waals surface area contributed by atoms with E-state index in [-0.39, 0.29) is 5.57 Å². The van der Waals surface area contributed by atoms with Gasteiger partial charge in [0.2, 0.25) is 5.78 Å². The van der Waals surface area contributed by atoms with Crippen molar-refractivity contribution >= 4 is 33.4 Å². The maximum atomic E-state index is 13.2. The zero-order valence-electron chi connectivity index (χ0n) is 16.3. The third-order valence-electron chi connectivity index (χ3n) is 5.54. The Kier molecular flexibility index (Phi) is 6.26. The van der Waals surface area contributed by atoms with Crippen molar-refractivity contribution in [3.63, 3.8) is 0 Å². The van der Waals surface area contributed by atoms with Crippen LogP contribution in [0.2, 0.25) is 0 Å². The van der Waals surface area contributed by atoms with Gasteiger partial charge in [-0.25, -0.2) is 0 Å². The van der Waals surface area contributed by atoms with Gasteiger partial charge in [0.05, 0.1) is 32.3 Å². The van der Waals surface area contributed by atoms with Crippen LogP contribution in [0.5, 0.6) is 0 Å². The molecule has 2 aliphatic heterocycles. The Balaban J connectivity index is 1.73. The molecule has 2 aliphatic rings. The van der Waals surface area contributed by atoms with Gasteiger partial charge in [0.25, 0.3) is 5.91 Å². The predicted octanol–water partition coefficient (Wildman–Crippen LogP) is -0.0168. The van der Waals surface area contributed by atoms with Crippen LogP contribution in [0.25, 0.3) is 5.76 Å². The molecule has 0 aliphatic carbocycles. The Bertz CT molecular complexity index is 973. The molecule has 0 radical (unpaired) electrons. The Morgan fingerprint density at radius 2 is 1.93 bits per heavy atom. The van der Waals surface area contributed by atoms with E-state index >= 15 is 0 Å². The van der Waals surface area contributed by atoms with Crippen LogP contribution in [0.15, 0.2) is 58.8 Å². The molecule has 1 atom stereocenters. The number of amides is 1. The van der Waals surface area contributed by atoms with E-state index in [4.69, 9.17) is 4.74 Å². The number of quaternary nitrogens is 1. The van der Waals surface area contributed by atoms with Gasteiger partial charge in [0.1, 0.15) is 13.1 Å². The quantitative estimate of drug-likeness (QED) is 0.376. The molecule has 1 aromatic carbocycles. The van der Waals surface area contributed by atoms with Crippen molar-refractivity contribution in [2.45, 2.75) is 6.04 Å². The zero-order chi connectivity index (χ0) is 21.1. The first-order chi connectivity index (χ1) is 14.6. The number of rotatable bonds is 5. The fourth-order valence-corrected chi connectivity index (χ4v) is 4.39. The van der Waals surface area contributed by atoms with E-state index in [0.717, 1.165) is 23.1 Å². The van der Waals surface area contributed by atoms with Crippen molar-refractivity contribution in [1.29, 1.82) is 0 Å². The molecule has 0 saturated carbocycles. The van der Waals surface area contributed by atoms with Crippen molar-refractivity contribution in [3.8, 4) is 0 Å². The van der Waals surface area contributed by atoms with Gasteiger partial charge in [0.15, 0.2) is 0 Å². The lowest BCUT2D eigenvalue weighted by Gasteiger charge is -2.30. The van der Waals surface area contributed by atoms with Gasteiger partial charge >= 0.3 is 0 Å². The Labute approximate surface area is 183 Å². The number of hydrogen-bond acceptors (Lipinski definition) is 5. The molecule has 2 fully saturated rings. The van der Waals surface area contributed by atoms with Crippen LogP contribution in [-0.2, 0) is 14.3 Å². The largest absolute Gasteiger partial charge is 0.872 e. The van der Waals surface area contributed by atoms with Gasteiger partial charge in [0, 0.05) is 22.4 Å². The molecule has 2 aromatic rings. The molecule has 3 heterocycles. The van der Waals surface area contributed by atoms with Crippen molar-refractivity contribution < 1.29 is 24.3 Å². The fourth-order valence-electron chi connectivity index (χ4n) is 3.97. The third-order valence-corrected chi connectivity index (χ3v) is 6.04. The average Bonchev–Trinajstić information content (AvgIpc) is 3.03. The highest BCUT2D eigenvalue weighted by atomic mass is 79.9. The smallest absolute Gasteiger partial charge is 0.295 e. The standard InChI is InChI=1S/C22H22BrN3O4/c23-17-3-1-2-16(14-17)19-18(20(27)15-4-6-24-7-5-15)21(28)22(29)26(19)9-8-25-10-12-30-13-11-25/h1-7,14,19,27H,8-13H2. The molecular formula is C22H22BrN3O4. The average molecular weight is 472 g/mol. The molecule has 0 spiro atoms. The van der Waals surface area contributed by atoms with Gasteiger partial charge in [-0.3, -0.25) is 14.6 Å². The minimum Gasteiger partial charge on any atom is -0.872 e. The number of benzene rings is 1. The van der Waals surface area contributed by atoms with Crippen LogP contribution in [0.3, 0.4) is 0 Å². The Morgan fingerprint density at radius 1 is 1.20 bits per heavy atom. The summed E-state index contributed by atoms with van der Waals surface area (Å²) >= 11 is 3.45. The number of aromatic nitrogens is 1. The highest BCUT2D eigenvalue weighted by Crippen LogP contribution is 2.38. The molecule has 4 rings (SSSR count). The van der Waals surface area contributed by atoms with Gasteiger partial charge in [-0.05, 0) is 35.4 Å². The summed E-state index contributed by atoms with van der Waals surface area (Å²) in [4.78, 5) is 32.7. The number of ether oxygens (including phenoxy) is 1. The Morgan fingerprint density at radius 3 is 2.63 bits per heavy atom. The third kappa shape index (κ3) is 4.16. The van der Waals surface area contributed by atoms with E-state index < -0.39 is 23.5 Å². The molecule has 1 unspecified atom stereocenters. The van der Waals surface area contributed by atoms with Crippen molar-refractivity contribution in [2.75, 3.05) is 39.4 Å². The van der Waals surface area contributed by atoms with Gasteiger partial charge < -0.3 is 19.6 Å². The van der Waals surface area contributed by atoms with E-state index in [1.807, 2.05) is 24.3 Å². The Hall–Kier alpha value is -2.55. The van der Waals surface area contributed by atoms with Crippen LogP contribution in [0.4, 0.5) is 0 Å². The highest BCUT2D eigenvalue weighted by molar-refractivity contribution is 9.10. The molecule has 1 amide bonds. The second-order valence-electron chi connectivity index (χ2n) is 7.38. The van der Waals surface area contributed by atoms with Crippen molar-refractivity contribution in [2.24, 2.45) is 0 Å². The summed E-state index contributed by atoms with van der Waals surface area (Å²) < 4.78 is 6.22. The maximum Gasteiger partial charge on any atom is 0.295 e. The maximum absolute atomic E-state index is 13.2. The number of halogens is 1. The number of nitrogens with one attached hydrogen (secondary N) is 1. The lowest BCUT2D eigenvalue weighted by molar-refractivity contribution is -0.907. The van der Waals surface area contributed by atoms with E-state index in [9.17, 15) is 14.7 Å². The highest BCUT2D eigenvalue weighted by Gasteiger charge is 2.44. The molecular weight excluding hydrogens is 450 g/mol. The number of nitrogens with zero attached hydrogens (tertiary/aromatic N) is 2. The second-order valence-corrected chi connectivity index (χ2v) is 8.29. The predicted molar refractivity (Wildman–Crippen MR) is 111 cm³/mol. The number of Topliss-reactive ketones (excluding diaryl/α,β-unsaturated/α-hetero) is 1. The minimum atomic E-state index is -0.723. The first-order valence-electron chi connectivity index (χ1n) is 9.90. The van der Waals surface area contributed by atoms with Crippen molar-refractivity contribution in [1.82, 2.24) is 9.88 Å². The molecule has 1 N–H and O–H groups in total. The molecule has 0 bridgehead atoms. The number of carbonyl (C=O) groups is 2. The summed E-state index contributed by atoms with van der Waals surface area (Å²) in [7, 11) is 0. The van der Waals surface area contributed by atoms with Crippen LogP contribution >= 0.6 is 15.9 Å². The number of likely N-dealkylation sites (tertiary alicyclic amines) is 1. The van der Waals surface area contributed by atoms with Crippen LogP contribution < -0.4 is 10.0 Å². The summed E-state index contributed by atoms with van der Waals surface area (Å²) in [6, 6.07) is 9.82. The normalized spacial score (nSPS) is 21.9. The summed E-state index contributed by atoms with van der Waals surface area (Å²) in [6.07, 6.45) is 3.01. The monoisotopic (exact) mass is 471 g/mol. The fraction of sp³-hybridized carbons (Fsp3) is 0.318. The number of pyridine rings is 1. The topological polar surface area (TPSA) is 87.0 Å². The van der Waals surface area contributed by atoms with E-state index in [1.54, 1.807) is 17.0 Å². The number of hydrogen-bond donors (Lipinski definition) is 1. The first-order valence-corrected chi connectivity index (χ1v) is 10.7. The summed E-state index contributed by atoms with van der Waals surface area (Å²) in [6.45, 7) is 4.20. The number of morpholine rings is 1. The summed E-state index contributed by atoms with van der Waals surface area (Å²) in [5.41, 5.74) is 1.08. The molecule has 1 aromatic heterocycles. The first kappa shape index (κ1) is 20.7. The molecule has 156 valence electrons. The van der Waals surface area contributed by atoms with E-state index in [0.29, 0.717) is 31.9 Å². The SMILES string of the molecule is O=C1C(=O)N(CC[NH+]2CCOCC2)C(c2cccc(Br)c2)C1=C([O-])c1ccncc1. The number of carbonyl (C=O) groups excluding carboxylic acids is 2. The number of ketones is 1. The summed E-state index contributed by atoms with van der Waals surface area (Å²) in [5, 5.41) is 13.2. The van der Waals surface area contributed by atoms with Crippen molar-refractivity contribution in [3.05, 3.63) is 70.0 Å². The van der Waals surface area contributed by atoms with Gasteiger partial charge in [-0.2, -0.15) is 0 Å². The lowest BCUT2D eigenvalue weighted by atomic mass is 9.95. The zero-order valence-corrected chi connectivity index (χ0v) is 17.9. The van der Waals surface area contributed by atoms with Gasteiger partial charge in [-0.1, -0.05) is 33.8 Å². The summed E-state index contributed by atoms with van der Waals surface area (Å²) in [5.74, 6) is -1.77. The van der Waals surface area contributed by atoms with E-state index in [1.165, 1.54) is 17.3 Å². The second kappa shape index (κ2) is 9.07. The van der Waals surface area contributed by atoms with Crippen LogP contribution in [0, 0.1) is 0 Å². The molecule has 8 heteroatoms. The molecule has 7 nitrogen and oxygen atoms in total. The lowest BCUT2D eigenvalue weighted by Crippen LogP contribution is -3.14.